The van der Waals surface area contributed by atoms with Gasteiger partial charge in [0.05, 0.1) is 6.61 Å². The number of hydrogen-bond donors (Lipinski definition) is 1. The van der Waals surface area contributed by atoms with Gasteiger partial charge >= 0.3 is 0 Å². The predicted molar refractivity (Wildman–Crippen MR) is 59.0 cm³/mol. The summed E-state index contributed by atoms with van der Waals surface area (Å²) in [5, 5.41) is 8.95. The number of halogens is 2. The molecule has 6 heteroatoms. The first kappa shape index (κ1) is 11.9. The van der Waals surface area contributed by atoms with Gasteiger partial charge in [-0.2, -0.15) is 0 Å². The highest BCUT2D eigenvalue weighted by Gasteiger charge is 2.18. The number of nitrogens with zero attached hydrogens (tertiary/aromatic N) is 3. The molecule has 0 spiro atoms. The molecule has 0 saturated carbocycles. The van der Waals surface area contributed by atoms with E-state index in [9.17, 15) is 8.78 Å². The van der Waals surface area contributed by atoms with Crippen LogP contribution in [0.3, 0.4) is 0 Å². The van der Waals surface area contributed by atoms with E-state index < -0.39 is 6.43 Å². The van der Waals surface area contributed by atoms with Gasteiger partial charge in [0.15, 0.2) is 5.65 Å². The average molecular weight is 241 g/mol. The Labute approximate surface area is 96.9 Å². The van der Waals surface area contributed by atoms with E-state index in [2.05, 4.69) is 9.97 Å². The third kappa shape index (κ3) is 2.00. The van der Waals surface area contributed by atoms with Crippen molar-refractivity contribution in [1.29, 1.82) is 0 Å². The van der Waals surface area contributed by atoms with Crippen LogP contribution < -0.4 is 0 Å². The van der Waals surface area contributed by atoms with Gasteiger partial charge in [0.25, 0.3) is 6.43 Å². The molecule has 0 atom stereocenters. The van der Waals surface area contributed by atoms with Crippen LogP contribution in [0.25, 0.3) is 11.2 Å². The Balaban J connectivity index is 2.74. The summed E-state index contributed by atoms with van der Waals surface area (Å²) >= 11 is 0. The maximum atomic E-state index is 12.9. The number of aliphatic hydroxyl groups excluding tert-OH is 1. The third-order valence-electron chi connectivity index (χ3n) is 2.61. The standard InChI is InChI=1S/C11H13F2N3O/c1-6-5-8(10(12)13)9-11(14-6)16(3-4-17)7(2)15-9/h5,10,17H,3-4H2,1-2H3. The molecule has 4 nitrogen and oxygen atoms in total. The van der Waals surface area contributed by atoms with Crippen LogP contribution >= 0.6 is 0 Å². The minimum absolute atomic E-state index is 0.0774. The van der Waals surface area contributed by atoms with Crippen LogP contribution in [-0.2, 0) is 6.54 Å². The lowest BCUT2D eigenvalue weighted by Crippen LogP contribution is -2.05. The summed E-state index contributed by atoms with van der Waals surface area (Å²) in [7, 11) is 0. The Morgan fingerprint density at radius 3 is 2.65 bits per heavy atom. The van der Waals surface area contributed by atoms with Gasteiger partial charge in [0, 0.05) is 17.8 Å². The summed E-state index contributed by atoms with van der Waals surface area (Å²) in [6.07, 6.45) is -2.57. The van der Waals surface area contributed by atoms with Crippen molar-refractivity contribution in [3.05, 3.63) is 23.1 Å². The van der Waals surface area contributed by atoms with Crippen molar-refractivity contribution in [2.45, 2.75) is 26.8 Å². The fraction of sp³-hybridized carbons (Fsp3) is 0.455. The van der Waals surface area contributed by atoms with E-state index >= 15 is 0 Å². The quantitative estimate of drug-likeness (QED) is 0.893. The molecular formula is C11H13F2N3O. The van der Waals surface area contributed by atoms with E-state index in [0.717, 1.165) is 0 Å². The molecule has 0 aliphatic rings. The molecule has 0 aromatic carbocycles. The van der Waals surface area contributed by atoms with Gasteiger partial charge in [0.2, 0.25) is 0 Å². The molecule has 92 valence electrons. The van der Waals surface area contributed by atoms with Crippen molar-refractivity contribution < 1.29 is 13.9 Å². The fourth-order valence-corrected chi connectivity index (χ4v) is 1.89. The summed E-state index contributed by atoms with van der Waals surface area (Å²) in [6, 6.07) is 1.35. The minimum Gasteiger partial charge on any atom is -0.395 e. The largest absolute Gasteiger partial charge is 0.395 e. The second kappa shape index (κ2) is 4.37. The number of alkyl halides is 2. The van der Waals surface area contributed by atoms with Gasteiger partial charge in [-0.05, 0) is 19.9 Å². The highest BCUT2D eigenvalue weighted by Crippen LogP contribution is 2.27. The Bertz CT molecular complexity index is 551. The zero-order valence-electron chi connectivity index (χ0n) is 9.61. The van der Waals surface area contributed by atoms with Crippen molar-refractivity contribution >= 4 is 11.2 Å². The summed E-state index contributed by atoms with van der Waals surface area (Å²) in [6.45, 7) is 3.60. The lowest BCUT2D eigenvalue weighted by Gasteiger charge is -2.05. The molecular weight excluding hydrogens is 228 g/mol. The molecule has 2 aromatic heterocycles. The molecule has 0 saturated heterocycles. The van der Waals surface area contributed by atoms with E-state index in [1.165, 1.54) is 6.07 Å². The smallest absolute Gasteiger partial charge is 0.266 e. The molecule has 1 N–H and O–H groups in total. The van der Waals surface area contributed by atoms with Crippen molar-refractivity contribution in [2.75, 3.05) is 6.61 Å². The molecule has 0 bridgehead atoms. The van der Waals surface area contributed by atoms with E-state index in [4.69, 9.17) is 5.11 Å². The van der Waals surface area contributed by atoms with Gasteiger partial charge < -0.3 is 9.67 Å². The first-order chi connectivity index (χ1) is 8.04. The van der Waals surface area contributed by atoms with E-state index in [1.54, 1.807) is 18.4 Å². The van der Waals surface area contributed by atoms with Gasteiger partial charge in [-0.1, -0.05) is 0 Å². The molecule has 2 rings (SSSR count). The molecule has 2 heterocycles. The molecule has 17 heavy (non-hydrogen) atoms. The lowest BCUT2D eigenvalue weighted by molar-refractivity contribution is 0.153. The molecule has 0 amide bonds. The topological polar surface area (TPSA) is 50.9 Å². The zero-order chi connectivity index (χ0) is 12.6. The van der Waals surface area contributed by atoms with E-state index in [1.807, 2.05) is 0 Å². The van der Waals surface area contributed by atoms with Crippen LogP contribution in [0.5, 0.6) is 0 Å². The van der Waals surface area contributed by atoms with Crippen LogP contribution in [0.2, 0.25) is 0 Å². The lowest BCUT2D eigenvalue weighted by atomic mass is 10.2. The first-order valence-corrected chi connectivity index (χ1v) is 5.28. The van der Waals surface area contributed by atoms with Gasteiger partial charge in [-0.15, -0.1) is 0 Å². The van der Waals surface area contributed by atoms with Crippen LogP contribution in [0.15, 0.2) is 6.07 Å². The normalized spacial score (nSPS) is 11.6. The van der Waals surface area contributed by atoms with E-state index in [-0.39, 0.29) is 17.7 Å². The highest BCUT2D eigenvalue weighted by atomic mass is 19.3. The molecule has 0 radical (unpaired) electrons. The van der Waals surface area contributed by atoms with Crippen LogP contribution in [0.4, 0.5) is 8.78 Å². The monoisotopic (exact) mass is 241 g/mol. The number of fused-ring (bicyclic) bond motifs is 1. The zero-order valence-corrected chi connectivity index (χ0v) is 9.61. The number of imidazole rings is 1. The average Bonchev–Trinajstić information content (AvgIpc) is 2.55. The first-order valence-electron chi connectivity index (χ1n) is 5.28. The van der Waals surface area contributed by atoms with Crippen molar-refractivity contribution in [3.63, 3.8) is 0 Å². The van der Waals surface area contributed by atoms with Crippen molar-refractivity contribution in [1.82, 2.24) is 14.5 Å². The Hall–Kier alpha value is -1.56. The van der Waals surface area contributed by atoms with Gasteiger partial charge in [0.1, 0.15) is 11.3 Å². The number of aryl methyl sites for hydroxylation is 2. The second-order valence-electron chi connectivity index (χ2n) is 3.86. The number of pyridine rings is 1. The summed E-state index contributed by atoms with van der Waals surface area (Å²) in [5.74, 6) is 0.578. The van der Waals surface area contributed by atoms with Crippen molar-refractivity contribution in [3.8, 4) is 0 Å². The number of hydrogen-bond acceptors (Lipinski definition) is 3. The second-order valence-corrected chi connectivity index (χ2v) is 3.86. The number of aromatic nitrogens is 3. The highest BCUT2D eigenvalue weighted by molar-refractivity contribution is 5.76. The third-order valence-corrected chi connectivity index (χ3v) is 2.61. The Morgan fingerprint density at radius 1 is 1.35 bits per heavy atom. The van der Waals surface area contributed by atoms with Crippen LogP contribution in [0, 0.1) is 13.8 Å². The summed E-state index contributed by atoms with van der Waals surface area (Å²) in [5.41, 5.74) is 1.04. The summed E-state index contributed by atoms with van der Waals surface area (Å²) in [4.78, 5) is 8.32. The molecule has 2 aromatic rings. The Morgan fingerprint density at radius 2 is 2.06 bits per heavy atom. The van der Waals surface area contributed by atoms with Crippen molar-refractivity contribution in [2.24, 2.45) is 0 Å². The Kier molecular flexibility index (Phi) is 3.06. The molecule has 0 fully saturated rings. The minimum atomic E-state index is -2.57. The number of rotatable bonds is 3. The van der Waals surface area contributed by atoms with Crippen LogP contribution in [-0.4, -0.2) is 26.2 Å². The molecule has 0 unspecified atom stereocenters. The maximum absolute atomic E-state index is 12.9. The van der Waals surface area contributed by atoms with Crippen LogP contribution in [0.1, 0.15) is 23.5 Å². The summed E-state index contributed by atoms with van der Waals surface area (Å²) < 4.78 is 27.4. The van der Waals surface area contributed by atoms with Gasteiger partial charge in [-0.3, -0.25) is 0 Å². The maximum Gasteiger partial charge on any atom is 0.266 e. The molecule has 0 aliphatic heterocycles. The van der Waals surface area contributed by atoms with Gasteiger partial charge in [-0.25, -0.2) is 18.7 Å². The number of aliphatic hydroxyl groups is 1. The fourth-order valence-electron chi connectivity index (χ4n) is 1.89. The predicted octanol–water partition coefficient (Wildman–Crippen LogP) is 1.98. The SMILES string of the molecule is Cc1cc(C(F)F)c2nc(C)n(CCO)c2n1. The molecule has 0 aliphatic carbocycles. The van der Waals surface area contributed by atoms with E-state index in [0.29, 0.717) is 23.7 Å².